The Morgan fingerprint density at radius 1 is 1.32 bits per heavy atom. The van der Waals surface area contributed by atoms with E-state index in [1.165, 1.54) is 6.07 Å². The molecule has 0 radical (unpaired) electrons. The maximum atomic E-state index is 13.3. The van der Waals surface area contributed by atoms with E-state index in [2.05, 4.69) is 18.7 Å². The molecule has 0 bridgehead atoms. The third kappa shape index (κ3) is 4.33. The van der Waals surface area contributed by atoms with Crippen molar-refractivity contribution in [2.24, 2.45) is 11.1 Å². The van der Waals surface area contributed by atoms with Crippen molar-refractivity contribution in [3.63, 3.8) is 0 Å². The van der Waals surface area contributed by atoms with Crippen LogP contribution in [-0.4, -0.2) is 24.0 Å². The lowest BCUT2D eigenvalue weighted by molar-refractivity contribution is -0.140. The molecule has 0 aromatic heterocycles. The summed E-state index contributed by atoms with van der Waals surface area (Å²) >= 11 is 0. The Kier molecular flexibility index (Phi) is 5.87. The molecule has 2 nitrogen and oxygen atoms in total. The maximum Gasteiger partial charge on any atom is 0.419 e. The molecule has 126 valence electrons. The average molecular weight is 341 g/mol. The minimum absolute atomic E-state index is 0. The van der Waals surface area contributed by atoms with E-state index >= 15 is 0 Å². The van der Waals surface area contributed by atoms with Crippen molar-refractivity contribution in [1.82, 2.24) is 4.90 Å². The molecule has 0 saturated carbocycles. The molecule has 2 rings (SSSR count). The Labute approximate surface area is 134 Å². The highest BCUT2D eigenvalue weighted by atomic mass is 35.5. The first-order chi connectivity index (χ1) is 9.59. The summed E-state index contributed by atoms with van der Waals surface area (Å²) < 4.78 is 51.4. The molecule has 1 aromatic carbocycles. The molecule has 1 unspecified atom stereocenters. The van der Waals surface area contributed by atoms with Crippen LogP contribution >= 0.6 is 12.4 Å². The summed E-state index contributed by atoms with van der Waals surface area (Å²) in [5.74, 6) is -1.23. The second-order valence-corrected chi connectivity index (χ2v) is 6.41. The molecule has 22 heavy (non-hydrogen) atoms. The van der Waals surface area contributed by atoms with Crippen molar-refractivity contribution in [2.75, 3.05) is 13.1 Å². The van der Waals surface area contributed by atoms with Crippen molar-refractivity contribution >= 4 is 12.4 Å². The van der Waals surface area contributed by atoms with Gasteiger partial charge < -0.3 is 5.73 Å². The topological polar surface area (TPSA) is 29.3 Å². The number of alkyl halides is 3. The van der Waals surface area contributed by atoms with E-state index in [0.29, 0.717) is 18.7 Å². The standard InChI is InChI=1S/C15H20F4N2.ClH/c1-14(2)9-21(6-5-13(14)20)8-10-3-4-12(16)11(7-10)15(17,18)19;/h3-4,7,13H,5-6,8-9,20H2,1-2H3;1H. The van der Waals surface area contributed by atoms with Gasteiger partial charge in [-0.3, -0.25) is 4.90 Å². The average Bonchev–Trinajstić information content (AvgIpc) is 2.34. The zero-order valence-corrected chi connectivity index (χ0v) is 13.4. The third-order valence-electron chi connectivity index (χ3n) is 4.13. The van der Waals surface area contributed by atoms with Gasteiger partial charge in [-0.05, 0) is 29.5 Å². The molecule has 2 N–H and O–H groups in total. The van der Waals surface area contributed by atoms with E-state index in [1.807, 2.05) is 0 Å². The van der Waals surface area contributed by atoms with E-state index in [9.17, 15) is 17.6 Å². The zero-order chi connectivity index (χ0) is 15.8. The Morgan fingerprint density at radius 2 is 1.95 bits per heavy atom. The highest BCUT2D eigenvalue weighted by Crippen LogP contribution is 2.33. The largest absolute Gasteiger partial charge is 0.419 e. The summed E-state index contributed by atoms with van der Waals surface area (Å²) in [4.78, 5) is 2.07. The summed E-state index contributed by atoms with van der Waals surface area (Å²) in [6.07, 6.45) is -3.86. The van der Waals surface area contributed by atoms with E-state index in [4.69, 9.17) is 5.73 Å². The van der Waals surface area contributed by atoms with Gasteiger partial charge >= 0.3 is 6.18 Å². The van der Waals surface area contributed by atoms with Gasteiger partial charge in [-0.15, -0.1) is 12.4 Å². The Morgan fingerprint density at radius 3 is 2.50 bits per heavy atom. The molecule has 1 aliphatic heterocycles. The van der Waals surface area contributed by atoms with Crippen molar-refractivity contribution in [1.29, 1.82) is 0 Å². The van der Waals surface area contributed by atoms with Crippen LogP contribution in [0.5, 0.6) is 0 Å². The molecule has 7 heteroatoms. The van der Waals surface area contributed by atoms with Gasteiger partial charge in [-0.25, -0.2) is 4.39 Å². The predicted molar refractivity (Wildman–Crippen MR) is 80.3 cm³/mol. The van der Waals surface area contributed by atoms with E-state index in [1.54, 1.807) is 0 Å². The lowest BCUT2D eigenvalue weighted by Crippen LogP contribution is -2.52. The summed E-state index contributed by atoms with van der Waals surface area (Å²) in [5.41, 5.74) is 5.23. The maximum absolute atomic E-state index is 13.3. The highest BCUT2D eigenvalue weighted by Gasteiger charge is 2.35. The number of nitrogens with two attached hydrogens (primary N) is 1. The van der Waals surface area contributed by atoms with Crippen molar-refractivity contribution < 1.29 is 17.6 Å². The fourth-order valence-electron chi connectivity index (χ4n) is 2.77. The fourth-order valence-corrected chi connectivity index (χ4v) is 2.77. The molecule has 1 aliphatic rings. The van der Waals surface area contributed by atoms with Gasteiger partial charge in [0.15, 0.2) is 0 Å². The molecule has 1 aromatic rings. The second-order valence-electron chi connectivity index (χ2n) is 6.41. The molecule has 1 atom stereocenters. The highest BCUT2D eigenvalue weighted by molar-refractivity contribution is 5.85. The van der Waals surface area contributed by atoms with Gasteiger partial charge in [0, 0.05) is 25.7 Å². The lowest BCUT2D eigenvalue weighted by atomic mass is 9.79. The first-order valence-electron chi connectivity index (χ1n) is 6.93. The minimum atomic E-state index is -4.66. The van der Waals surface area contributed by atoms with Crippen LogP contribution in [0.1, 0.15) is 31.4 Å². The van der Waals surface area contributed by atoms with Gasteiger partial charge in [-0.2, -0.15) is 13.2 Å². The number of nitrogens with zero attached hydrogens (tertiary/aromatic N) is 1. The number of benzene rings is 1. The van der Waals surface area contributed by atoms with Crippen LogP contribution in [-0.2, 0) is 12.7 Å². The first kappa shape index (κ1) is 19.2. The quantitative estimate of drug-likeness (QED) is 0.829. The van der Waals surface area contributed by atoms with E-state index < -0.39 is 17.6 Å². The van der Waals surface area contributed by atoms with Crippen LogP contribution in [0.3, 0.4) is 0 Å². The Bertz CT molecular complexity index is 517. The number of hydrogen-bond donors (Lipinski definition) is 1. The minimum Gasteiger partial charge on any atom is -0.327 e. The van der Waals surface area contributed by atoms with Crippen molar-refractivity contribution in [3.8, 4) is 0 Å². The van der Waals surface area contributed by atoms with Gasteiger partial charge in [0.1, 0.15) is 5.82 Å². The molecule has 1 fully saturated rings. The number of piperidine rings is 1. The van der Waals surface area contributed by atoms with Crippen LogP contribution in [0.25, 0.3) is 0 Å². The Balaban J connectivity index is 0.00000242. The SMILES string of the molecule is CC1(C)CN(Cc2ccc(F)c(C(F)(F)F)c2)CCC1N.Cl. The first-order valence-corrected chi connectivity index (χ1v) is 6.93. The molecule has 1 saturated heterocycles. The molecule has 0 spiro atoms. The molecular weight excluding hydrogens is 320 g/mol. The predicted octanol–water partition coefficient (Wildman–Crippen LogP) is 3.83. The van der Waals surface area contributed by atoms with E-state index in [0.717, 1.165) is 25.1 Å². The number of halogens is 5. The number of hydrogen-bond acceptors (Lipinski definition) is 2. The van der Waals surface area contributed by atoms with Crippen LogP contribution in [0, 0.1) is 11.2 Å². The van der Waals surface area contributed by atoms with Crippen LogP contribution < -0.4 is 5.73 Å². The van der Waals surface area contributed by atoms with Crippen LogP contribution in [0.4, 0.5) is 17.6 Å². The van der Waals surface area contributed by atoms with Gasteiger partial charge in [0.05, 0.1) is 5.56 Å². The second kappa shape index (κ2) is 6.72. The van der Waals surface area contributed by atoms with Crippen LogP contribution in [0.2, 0.25) is 0 Å². The summed E-state index contributed by atoms with van der Waals surface area (Å²) in [5, 5.41) is 0. The third-order valence-corrected chi connectivity index (χ3v) is 4.13. The van der Waals surface area contributed by atoms with Gasteiger partial charge in [0.25, 0.3) is 0 Å². The van der Waals surface area contributed by atoms with Gasteiger partial charge in [0.2, 0.25) is 0 Å². The smallest absolute Gasteiger partial charge is 0.327 e. The van der Waals surface area contributed by atoms with Gasteiger partial charge in [-0.1, -0.05) is 19.9 Å². The summed E-state index contributed by atoms with van der Waals surface area (Å²) in [6.45, 7) is 5.93. The Hall–Kier alpha value is -0.850. The monoisotopic (exact) mass is 340 g/mol. The molecular formula is C15H21ClF4N2. The van der Waals surface area contributed by atoms with Crippen molar-refractivity contribution in [2.45, 2.75) is 39.0 Å². The summed E-state index contributed by atoms with van der Waals surface area (Å²) in [6, 6.07) is 3.29. The zero-order valence-electron chi connectivity index (χ0n) is 12.6. The lowest BCUT2D eigenvalue weighted by Gasteiger charge is -2.42. The number of rotatable bonds is 2. The fraction of sp³-hybridized carbons (Fsp3) is 0.600. The molecule has 1 heterocycles. The molecule has 0 amide bonds. The van der Waals surface area contributed by atoms with E-state index in [-0.39, 0.29) is 23.9 Å². The summed E-state index contributed by atoms with van der Waals surface area (Å²) in [7, 11) is 0. The number of likely N-dealkylation sites (tertiary alicyclic amines) is 1. The normalized spacial score (nSPS) is 22.2. The van der Waals surface area contributed by atoms with Crippen LogP contribution in [0.15, 0.2) is 18.2 Å². The molecule has 0 aliphatic carbocycles. The van der Waals surface area contributed by atoms with Crippen molar-refractivity contribution in [3.05, 3.63) is 35.1 Å².